The Hall–Kier alpha value is -4.13. The Kier molecular flexibility index (Phi) is 5.89. The number of amides is 1. The molecule has 0 bridgehead atoms. The number of nitrogens with zero attached hydrogens (tertiary/aromatic N) is 2. The first-order chi connectivity index (χ1) is 15.5. The van der Waals surface area contributed by atoms with E-state index >= 15 is 0 Å². The number of anilines is 1. The smallest absolute Gasteiger partial charge is 0.309 e. The molecule has 1 N–H and O–H groups in total. The van der Waals surface area contributed by atoms with E-state index in [2.05, 4.69) is 5.32 Å². The van der Waals surface area contributed by atoms with Crippen LogP contribution in [0.5, 0.6) is 5.88 Å². The minimum Gasteiger partial charge on any atom is -0.459 e. The Bertz CT molecular complexity index is 1240. The Morgan fingerprint density at radius 3 is 2.38 bits per heavy atom. The molecular weight excluding hydrogens is 406 g/mol. The maximum atomic E-state index is 12.2. The summed E-state index contributed by atoms with van der Waals surface area (Å²) >= 11 is 0. The van der Waals surface area contributed by atoms with Crippen molar-refractivity contribution in [1.82, 2.24) is 9.78 Å². The molecule has 4 aromatic rings. The fourth-order valence-electron chi connectivity index (χ4n) is 3.40. The zero-order valence-electron chi connectivity index (χ0n) is 18.1. The number of nitrogens with one attached hydrogen (secondary N) is 1. The number of aryl methyl sites for hydroxylation is 2. The first-order valence-electron chi connectivity index (χ1n) is 10.3. The molecule has 0 aliphatic heterocycles. The molecule has 0 fully saturated rings. The Balaban J connectivity index is 1.72. The molecule has 0 unspecified atom stereocenters. The van der Waals surface area contributed by atoms with Gasteiger partial charge in [-0.2, -0.15) is 9.78 Å². The monoisotopic (exact) mass is 429 g/mol. The molecule has 162 valence electrons. The highest BCUT2D eigenvalue weighted by Crippen LogP contribution is 2.36. The second-order valence-corrected chi connectivity index (χ2v) is 7.33. The quantitative estimate of drug-likeness (QED) is 0.427. The molecule has 2 heterocycles. The van der Waals surface area contributed by atoms with Crippen molar-refractivity contribution in [3.63, 3.8) is 0 Å². The van der Waals surface area contributed by atoms with Gasteiger partial charge in [-0.25, -0.2) is 0 Å². The highest BCUT2D eigenvalue weighted by Gasteiger charge is 2.22. The fourth-order valence-corrected chi connectivity index (χ4v) is 3.40. The number of ether oxygens (including phenoxy) is 1. The van der Waals surface area contributed by atoms with Crippen molar-refractivity contribution in [3.8, 4) is 22.7 Å². The van der Waals surface area contributed by atoms with E-state index in [0.29, 0.717) is 18.0 Å². The van der Waals surface area contributed by atoms with Crippen LogP contribution in [0.2, 0.25) is 0 Å². The summed E-state index contributed by atoms with van der Waals surface area (Å²) < 4.78 is 12.4. The zero-order chi connectivity index (χ0) is 22.7. The number of esters is 1. The molecular formula is C25H23N3O4. The second kappa shape index (κ2) is 8.93. The van der Waals surface area contributed by atoms with Crippen molar-refractivity contribution in [2.24, 2.45) is 0 Å². The molecule has 2 aromatic heterocycles. The largest absolute Gasteiger partial charge is 0.459 e. The first-order valence-corrected chi connectivity index (χ1v) is 10.3. The van der Waals surface area contributed by atoms with Crippen LogP contribution in [0.4, 0.5) is 5.69 Å². The van der Waals surface area contributed by atoms with Gasteiger partial charge < -0.3 is 14.5 Å². The molecule has 0 spiro atoms. The van der Waals surface area contributed by atoms with Crippen LogP contribution in [0.3, 0.4) is 0 Å². The average Bonchev–Trinajstić information content (AvgIpc) is 3.43. The molecule has 4 rings (SSSR count). The summed E-state index contributed by atoms with van der Waals surface area (Å²) in [5.74, 6) is -0.154. The molecule has 32 heavy (non-hydrogen) atoms. The van der Waals surface area contributed by atoms with Crippen LogP contribution in [0, 0.1) is 6.92 Å². The molecule has 0 radical (unpaired) electrons. The summed E-state index contributed by atoms with van der Waals surface area (Å²) in [6.07, 6.45) is 2.10. The molecule has 0 aliphatic carbocycles. The summed E-state index contributed by atoms with van der Waals surface area (Å²) in [5, 5.41) is 7.52. The van der Waals surface area contributed by atoms with Gasteiger partial charge in [0.15, 0.2) is 5.76 Å². The van der Waals surface area contributed by atoms with Gasteiger partial charge in [-0.3, -0.25) is 9.59 Å². The van der Waals surface area contributed by atoms with Crippen LogP contribution < -0.4 is 10.1 Å². The number of benzene rings is 2. The number of rotatable bonds is 6. The molecule has 7 heteroatoms. The molecule has 0 atom stereocenters. The van der Waals surface area contributed by atoms with Crippen molar-refractivity contribution in [2.75, 3.05) is 5.32 Å². The molecule has 1 amide bonds. The van der Waals surface area contributed by atoms with Crippen LogP contribution in [-0.2, 0) is 11.2 Å². The van der Waals surface area contributed by atoms with Gasteiger partial charge in [-0.15, -0.1) is 0 Å². The average molecular weight is 429 g/mol. The van der Waals surface area contributed by atoms with E-state index in [1.807, 2.05) is 50.2 Å². The third kappa shape index (κ3) is 4.32. The molecule has 0 aliphatic rings. The van der Waals surface area contributed by atoms with Crippen LogP contribution >= 0.6 is 0 Å². The lowest BCUT2D eigenvalue weighted by atomic mass is 10.0. The Morgan fingerprint density at radius 2 is 1.78 bits per heavy atom. The summed E-state index contributed by atoms with van der Waals surface area (Å²) in [5.41, 5.74) is 4.91. The standard InChI is InChI=1S/C25H23N3O4/c1-4-21-23(18-9-11-19(12-10-18)26-24(30)22-6-5-15-31-22)25(32-17(3)29)28(27-21)20-13-7-16(2)8-14-20/h5-15H,4H2,1-3H3,(H,26,30). The van der Waals surface area contributed by atoms with Crippen molar-refractivity contribution in [1.29, 1.82) is 0 Å². The number of carbonyl (C=O) groups excluding carboxylic acids is 2. The normalized spacial score (nSPS) is 10.7. The van der Waals surface area contributed by atoms with Crippen LogP contribution in [-0.4, -0.2) is 21.7 Å². The van der Waals surface area contributed by atoms with Crippen LogP contribution in [0.25, 0.3) is 16.8 Å². The number of carbonyl (C=O) groups is 2. The van der Waals surface area contributed by atoms with Crippen molar-refractivity contribution in [3.05, 3.63) is 83.9 Å². The SMILES string of the molecule is CCc1nn(-c2ccc(C)cc2)c(OC(C)=O)c1-c1ccc(NC(=O)c2ccco2)cc1. The predicted molar refractivity (Wildman–Crippen MR) is 121 cm³/mol. The van der Waals surface area contributed by atoms with Gasteiger partial charge in [0, 0.05) is 12.6 Å². The van der Waals surface area contributed by atoms with Crippen LogP contribution in [0.1, 0.15) is 35.7 Å². The third-order valence-corrected chi connectivity index (χ3v) is 4.95. The topological polar surface area (TPSA) is 86.4 Å². The van der Waals surface area contributed by atoms with Gasteiger partial charge in [-0.05, 0) is 55.3 Å². The molecule has 0 saturated heterocycles. The van der Waals surface area contributed by atoms with E-state index in [0.717, 1.165) is 28.1 Å². The van der Waals surface area contributed by atoms with Gasteiger partial charge in [0.2, 0.25) is 5.88 Å². The van der Waals surface area contributed by atoms with Crippen molar-refractivity contribution < 1.29 is 18.7 Å². The maximum absolute atomic E-state index is 12.2. The lowest BCUT2D eigenvalue weighted by Crippen LogP contribution is -2.10. The molecule has 0 saturated carbocycles. The number of aromatic nitrogens is 2. The second-order valence-electron chi connectivity index (χ2n) is 7.33. The van der Waals surface area contributed by atoms with Crippen molar-refractivity contribution >= 4 is 17.6 Å². The predicted octanol–water partition coefficient (Wildman–Crippen LogP) is 5.18. The minimum absolute atomic E-state index is 0.235. The van der Waals surface area contributed by atoms with E-state index in [1.165, 1.54) is 13.2 Å². The van der Waals surface area contributed by atoms with Gasteiger partial charge in [0.1, 0.15) is 0 Å². The Labute approximate surface area is 185 Å². The first kappa shape index (κ1) is 21.1. The van der Waals surface area contributed by atoms with E-state index in [-0.39, 0.29) is 11.7 Å². The van der Waals surface area contributed by atoms with E-state index in [1.54, 1.807) is 28.9 Å². The fraction of sp³-hybridized carbons (Fsp3) is 0.160. The zero-order valence-corrected chi connectivity index (χ0v) is 18.1. The molecule has 7 nitrogen and oxygen atoms in total. The summed E-state index contributed by atoms with van der Waals surface area (Å²) in [4.78, 5) is 24.1. The van der Waals surface area contributed by atoms with E-state index in [4.69, 9.17) is 14.3 Å². The summed E-state index contributed by atoms with van der Waals surface area (Å²) in [6, 6.07) is 18.4. The van der Waals surface area contributed by atoms with Gasteiger partial charge in [0.05, 0.1) is 23.2 Å². The Morgan fingerprint density at radius 1 is 1.06 bits per heavy atom. The minimum atomic E-state index is -0.426. The van der Waals surface area contributed by atoms with Crippen LogP contribution in [0.15, 0.2) is 71.3 Å². The van der Waals surface area contributed by atoms with E-state index in [9.17, 15) is 9.59 Å². The number of hydrogen-bond donors (Lipinski definition) is 1. The highest BCUT2D eigenvalue weighted by atomic mass is 16.5. The van der Waals surface area contributed by atoms with Crippen molar-refractivity contribution in [2.45, 2.75) is 27.2 Å². The maximum Gasteiger partial charge on any atom is 0.309 e. The van der Waals surface area contributed by atoms with E-state index < -0.39 is 5.97 Å². The highest BCUT2D eigenvalue weighted by molar-refractivity contribution is 6.02. The lowest BCUT2D eigenvalue weighted by molar-refractivity contribution is -0.132. The molecule has 2 aromatic carbocycles. The van der Waals surface area contributed by atoms with Gasteiger partial charge in [-0.1, -0.05) is 36.8 Å². The third-order valence-electron chi connectivity index (χ3n) is 4.95. The number of hydrogen-bond acceptors (Lipinski definition) is 5. The van der Waals surface area contributed by atoms with Gasteiger partial charge >= 0.3 is 5.97 Å². The van der Waals surface area contributed by atoms with Gasteiger partial charge in [0.25, 0.3) is 5.91 Å². The summed E-state index contributed by atoms with van der Waals surface area (Å²) in [7, 11) is 0. The summed E-state index contributed by atoms with van der Waals surface area (Å²) in [6.45, 7) is 5.38. The lowest BCUT2D eigenvalue weighted by Gasteiger charge is -2.10. The number of furan rings is 1.